The summed E-state index contributed by atoms with van der Waals surface area (Å²) < 4.78 is 14.6. The summed E-state index contributed by atoms with van der Waals surface area (Å²) in [5, 5.41) is 0. The smallest absolute Gasteiger partial charge is 0.258 e. The Hall–Kier alpha value is -1.94. The molecule has 1 aliphatic rings. The Morgan fingerprint density at radius 2 is 1.95 bits per heavy atom. The van der Waals surface area contributed by atoms with Crippen LogP contribution in [0.3, 0.4) is 0 Å². The maximum Gasteiger partial charge on any atom is 0.258 e. The lowest BCUT2D eigenvalue weighted by Gasteiger charge is -2.08. The normalized spacial score (nSPS) is 15.8. The summed E-state index contributed by atoms with van der Waals surface area (Å²) in [7, 11) is 1.72. The zero-order chi connectivity index (χ0) is 14.3. The van der Waals surface area contributed by atoms with Gasteiger partial charge in [0.15, 0.2) is 0 Å². The van der Waals surface area contributed by atoms with Crippen LogP contribution in [0.5, 0.6) is 0 Å². The number of nitrogens with zero attached hydrogens (tertiary/aromatic N) is 1. The summed E-state index contributed by atoms with van der Waals surface area (Å²) in [5.41, 5.74) is 2.59. The van der Waals surface area contributed by atoms with E-state index in [9.17, 15) is 9.18 Å². The van der Waals surface area contributed by atoms with Gasteiger partial charge in [-0.25, -0.2) is 4.39 Å². The molecule has 100 valence electrons. The number of rotatable bonds is 1. The monoisotopic (exact) mass is 331 g/mol. The van der Waals surface area contributed by atoms with Gasteiger partial charge in [-0.3, -0.25) is 4.79 Å². The lowest BCUT2D eigenvalue weighted by atomic mass is 10.0. The minimum atomic E-state index is -0.347. The molecule has 2 nitrogen and oxygen atoms in total. The molecule has 0 bridgehead atoms. The van der Waals surface area contributed by atoms with Crippen molar-refractivity contribution in [1.29, 1.82) is 0 Å². The third-order valence-electron chi connectivity index (χ3n) is 3.35. The van der Waals surface area contributed by atoms with E-state index >= 15 is 0 Å². The van der Waals surface area contributed by atoms with Crippen LogP contribution in [-0.4, -0.2) is 13.0 Å². The van der Waals surface area contributed by atoms with Crippen molar-refractivity contribution in [1.82, 2.24) is 0 Å². The average molecular weight is 332 g/mol. The van der Waals surface area contributed by atoms with Gasteiger partial charge in [0, 0.05) is 28.2 Å². The molecule has 0 spiro atoms. The van der Waals surface area contributed by atoms with E-state index in [-0.39, 0.29) is 11.7 Å². The van der Waals surface area contributed by atoms with Gasteiger partial charge in [-0.15, -0.1) is 0 Å². The van der Waals surface area contributed by atoms with Crippen molar-refractivity contribution in [3.8, 4) is 0 Å². The Morgan fingerprint density at radius 3 is 2.75 bits per heavy atom. The molecule has 1 amide bonds. The van der Waals surface area contributed by atoms with Crippen molar-refractivity contribution < 1.29 is 9.18 Å². The standard InChI is InChI=1S/C16H11BrFNO/c1-19-15-5-3-2-4-12(15)13(16(19)20)9-10-8-11(17)6-7-14(10)18/h2-9H,1H3. The number of anilines is 1. The third kappa shape index (κ3) is 2.06. The maximum absolute atomic E-state index is 13.8. The van der Waals surface area contributed by atoms with Gasteiger partial charge in [0.05, 0.1) is 5.69 Å². The number of hydrogen-bond donors (Lipinski definition) is 0. The Balaban J connectivity index is 2.17. The molecule has 0 aliphatic carbocycles. The molecule has 0 unspecified atom stereocenters. The number of amides is 1. The Kier molecular flexibility index (Phi) is 3.18. The highest BCUT2D eigenvalue weighted by atomic mass is 79.9. The number of fused-ring (bicyclic) bond motifs is 1. The third-order valence-corrected chi connectivity index (χ3v) is 3.84. The van der Waals surface area contributed by atoms with E-state index in [0.717, 1.165) is 15.7 Å². The van der Waals surface area contributed by atoms with Gasteiger partial charge in [0.1, 0.15) is 5.82 Å². The molecular formula is C16H11BrFNO. The average Bonchev–Trinajstić information content (AvgIpc) is 2.68. The fourth-order valence-electron chi connectivity index (χ4n) is 2.32. The fraction of sp³-hybridized carbons (Fsp3) is 0.0625. The molecular weight excluding hydrogens is 321 g/mol. The summed E-state index contributed by atoms with van der Waals surface area (Å²) >= 11 is 3.31. The zero-order valence-electron chi connectivity index (χ0n) is 10.7. The molecule has 4 heteroatoms. The van der Waals surface area contributed by atoms with Crippen molar-refractivity contribution in [2.75, 3.05) is 11.9 Å². The van der Waals surface area contributed by atoms with Crippen molar-refractivity contribution >= 4 is 39.2 Å². The summed E-state index contributed by atoms with van der Waals surface area (Å²) in [4.78, 5) is 13.9. The molecule has 0 aromatic heterocycles. The fourth-order valence-corrected chi connectivity index (χ4v) is 2.70. The van der Waals surface area contributed by atoms with Gasteiger partial charge < -0.3 is 4.90 Å². The van der Waals surface area contributed by atoms with Gasteiger partial charge in [0.25, 0.3) is 5.91 Å². The van der Waals surface area contributed by atoms with Crippen molar-refractivity contribution in [2.45, 2.75) is 0 Å². The lowest BCUT2D eigenvalue weighted by molar-refractivity contribution is -0.112. The lowest BCUT2D eigenvalue weighted by Crippen LogP contribution is -2.20. The number of carbonyl (C=O) groups is 1. The molecule has 2 aromatic rings. The molecule has 0 N–H and O–H groups in total. The quantitative estimate of drug-likeness (QED) is 0.720. The minimum Gasteiger partial charge on any atom is -0.311 e. The van der Waals surface area contributed by atoms with Crippen molar-refractivity contribution in [3.05, 3.63) is 63.9 Å². The van der Waals surface area contributed by atoms with Crippen LogP contribution < -0.4 is 4.90 Å². The van der Waals surface area contributed by atoms with Gasteiger partial charge >= 0.3 is 0 Å². The number of halogens is 2. The maximum atomic E-state index is 13.8. The van der Waals surface area contributed by atoms with E-state index in [1.165, 1.54) is 6.07 Å². The summed E-state index contributed by atoms with van der Waals surface area (Å²) in [6.07, 6.45) is 1.60. The largest absolute Gasteiger partial charge is 0.311 e. The molecule has 1 aliphatic heterocycles. The van der Waals surface area contributed by atoms with Crippen LogP contribution in [-0.2, 0) is 4.79 Å². The predicted octanol–water partition coefficient (Wildman–Crippen LogP) is 4.11. The summed E-state index contributed by atoms with van der Waals surface area (Å²) in [6, 6.07) is 12.2. The van der Waals surface area contributed by atoms with Crippen molar-refractivity contribution in [2.24, 2.45) is 0 Å². The highest BCUT2D eigenvalue weighted by Gasteiger charge is 2.29. The number of hydrogen-bond acceptors (Lipinski definition) is 1. The molecule has 20 heavy (non-hydrogen) atoms. The summed E-state index contributed by atoms with van der Waals surface area (Å²) in [5.74, 6) is -0.467. The van der Waals surface area contributed by atoms with E-state index in [4.69, 9.17) is 0 Å². The molecule has 0 atom stereocenters. The molecule has 3 rings (SSSR count). The highest BCUT2D eigenvalue weighted by molar-refractivity contribution is 9.10. The Labute approximate surface area is 124 Å². The van der Waals surface area contributed by atoms with E-state index in [2.05, 4.69) is 15.9 Å². The van der Waals surface area contributed by atoms with E-state index in [1.807, 2.05) is 24.3 Å². The van der Waals surface area contributed by atoms with Gasteiger partial charge in [0.2, 0.25) is 0 Å². The summed E-state index contributed by atoms with van der Waals surface area (Å²) in [6.45, 7) is 0. The molecule has 0 saturated heterocycles. The second-order valence-corrected chi connectivity index (χ2v) is 5.52. The van der Waals surface area contributed by atoms with Gasteiger partial charge in [-0.2, -0.15) is 0 Å². The van der Waals surface area contributed by atoms with Crippen LogP contribution in [0, 0.1) is 5.82 Å². The van der Waals surface area contributed by atoms with E-state index in [1.54, 1.807) is 30.2 Å². The molecule has 0 fully saturated rings. The first-order valence-electron chi connectivity index (χ1n) is 6.12. The van der Waals surface area contributed by atoms with Gasteiger partial charge in [-0.1, -0.05) is 34.1 Å². The Morgan fingerprint density at radius 1 is 1.20 bits per heavy atom. The SMILES string of the molecule is CN1C(=O)C(=Cc2cc(Br)ccc2F)c2ccccc21. The number of para-hydroxylation sites is 1. The number of benzene rings is 2. The second-order valence-electron chi connectivity index (χ2n) is 4.61. The number of likely N-dealkylation sites (N-methyl/N-ethyl adjacent to an activating group) is 1. The highest BCUT2D eigenvalue weighted by Crippen LogP contribution is 2.36. The van der Waals surface area contributed by atoms with Crippen LogP contribution in [0.1, 0.15) is 11.1 Å². The van der Waals surface area contributed by atoms with Crippen LogP contribution in [0.4, 0.5) is 10.1 Å². The molecule has 0 saturated carbocycles. The van der Waals surface area contributed by atoms with Crippen LogP contribution in [0.25, 0.3) is 11.6 Å². The van der Waals surface area contributed by atoms with Crippen LogP contribution in [0.2, 0.25) is 0 Å². The topological polar surface area (TPSA) is 20.3 Å². The first-order chi connectivity index (χ1) is 9.58. The molecule has 1 heterocycles. The minimum absolute atomic E-state index is 0.120. The van der Waals surface area contributed by atoms with Gasteiger partial charge in [-0.05, 0) is 30.3 Å². The Bertz CT molecular complexity index is 739. The predicted molar refractivity (Wildman–Crippen MR) is 81.8 cm³/mol. The first kappa shape index (κ1) is 13.1. The first-order valence-corrected chi connectivity index (χ1v) is 6.91. The van der Waals surface area contributed by atoms with Crippen molar-refractivity contribution in [3.63, 3.8) is 0 Å². The molecule has 2 aromatic carbocycles. The van der Waals surface area contributed by atoms with Crippen LogP contribution >= 0.6 is 15.9 Å². The molecule has 0 radical (unpaired) electrons. The zero-order valence-corrected chi connectivity index (χ0v) is 12.3. The number of carbonyl (C=O) groups excluding carboxylic acids is 1. The van der Waals surface area contributed by atoms with Crippen LogP contribution in [0.15, 0.2) is 46.9 Å². The van der Waals surface area contributed by atoms with E-state index < -0.39 is 0 Å². The van der Waals surface area contributed by atoms with E-state index in [0.29, 0.717) is 11.1 Å². The second kappa shape index (κ2) is 4.87.